The molecule has 2 aliphatic carbocycles. The number of hydrogen-bond acceptors (Lipinski definition) is 2. The lowest BCUT2D eigenvalue weighted by molar-refractivity contribution is -0.149. The zero-order valence-corrected chi connectivity index (χ0v) is 10.6. The van der Waals surface area contributed by atoms with Crippen LogP contribution in [0.2, 0.25) is 0 Å². The molecule has 0 spiro atoms. The molecule has 2 saturated carbocycles. The summed E-state index contributed by atoms with van der Waals surface area (Å²) in [4.78, 5) is 11.0. The molecule has 16 heavy (non-hydrogen) atoms. The average Bonchev–Trinajstić information content (AvgIpc) is 2.27. The number of esters is 1. The van der Waals surface area contributed by atoms with Crippen molar-refractivity contribution in [3.63, 3.8) is 0 Å². The van der Waals surface area contributed by atoms with E-state index >= 15 is 0 Å². The Hall–Kier alpha value is -0.530. The highest BCUT2D eigenvalue weighted by molar-refractivity contribution is 5.66. The van der Waals surface area contributed by atoms with Crippen molar-refractivity contribution in [3.8, 4) is 0 Å². The second-order valence-electron chi connectivity index (χ2n) is 5.69. The molecule has 2 heteroatoms. The Morgan fingerprint density at radius 3 is 2.50 bits per heavy atom. The van der Waals surface area contributed by atoms with Crippen LogP contribution in [0.5, 0.6) is 0 Å². The van der Waals surface area contributed by atoms with Crippen molar-refractivity contribution < 1.29 is 9.53 Å². The highest BCUT2D eigenvalue weighted by atomic mass is 16.5. The molecule has 2 aliphatic rings. The molecule has 0 radical (unpaired) electrons. The number of carbonyl (C=O) groups is 1. The van der Waals surface area contributed by atoms with Crippen LogP contribution in [0.15, 0.2) is 0 Å². The van der Waals surface area contributed by atoms with E-state index in [1.807, 2.05) is 0 Å². The molecular formula is C14H24O2. The van der Waals surface area contributed by atoms with Crippen LogP contribution in [0.3, 0.4) is 0 Å². The summed E-state index contributed by atoms with van der Waals surface area (Å²) in [5.41, 5.74) is 0. The van der Waals surface area contributed by atoms with Crippen molar-refractivity contribution in [2.24, 2.45) is 17.8 Å². The van der Waals surface area contributed by atoms with Crippen LogP contribution >= 0.6 is 0 Å². The van der Waals surface area contributed by atoms with Crippen molar-refractivity contribution in [3.05, 3.63) is 0 Å². The molecule has 2 fully saturated rings. The maximum atomic E-state index is 11.0. The van der Waals surface area contributed by atoms with E-state index in [1.165, 1.54) is 51.9 Å². The van der Waals surface area contributed by atoms with E-state index in [0.29, 0.717) is 5.92 Å². The summed E-state index contributed by atoms with van der Waals surface area (Å²) in [5, 5.41) is 0. The average molecular weight is 224 g/mol. The maximum absolute atomic E-state index is 11.0. The van der Waals surface area contributed by atoms with Gasteiger partial charge in [-0.05, 0) is 43.9 Å². The third kappa shape index (κ3) is 2.78. The van der Waals surface area contributed by atoms with Crippen LogP contribution in [0.4, 0.5) is 0 Å². The van der Waals surface area contributed by atoms with Crippen molar-refractivity contribution in [1.29, 1.82) is 0 Å². The normalized spacial score (nSPS) is 36.2. The first-order chi connectivity index (χ1) is 7.66. The molecular weight excluding hydrogens is 200 g/mol. The summed E-state index contributed by atoms with van der Waals surface area (Å²) in [6, 6.07) is 0. The van der Waals surface area contributed by atoms with Gasteiger partial charge in [-0.25, -0.2) is 0 Å². The van der Waals surface area contributed by atoms with Crippen LogP contribution in [-0.2, 0) is 9.53 Å². The van der Waals surface area contributed by atoms with E-state index in [9.17, 15) is 4.79 Å². The highest BCUT2D eigenvalue weighted by Crippen LogP contribution is 2.43. The van der Waals surface area contributed by atoms with Gasteiger partial charge in [0.15, 0.2) is 0 Å². The third-order valence-corrected chi connectivity index (χ3v) is 4.60. The minimum absolute atomic E-state index is 0.125. The fourth-order valence-electron chi connectivity index (χ4n) is 3.69. The van der Waals surface area contributed by atoms with Gasteiger partial charge >= 0.3 is 5.97 Å². The van der Waals surface area contributed by atoms with Crippen LogP contribution in [0.1, 0.15) is 58.8 Å². The van der Waals surface area contributed by atoms with Crippen molar-refractivity contribution in [2.75, 3.05) is 0 Å². The fourth-order valence-corrected chi connectivity index (χ4v) is 3.69. The predicted molar refractivity (Wildman–Crippen MR) is 64.0 cm³/mol. The monoisotopic (exact) mass is 224 g/mol. The van der Waals surface area contributed by atoms with Gasteiger partial charge in [0.25, 0.3) is 0 Å². The second-order valence-corrected chi connectivity index (χ2v) is 5.69. The second kappa shape index (κ2) is 5.20. The molecule has 92 valence electrons. The van der Waals surface area contributed by atoms with Gasteiger partial charge in [0.05, 0.1) is 0 Å². The molecule has 0 heterocycles. The number of hydrogen-bond donors (Lipinski definition) is 0. The van der Waals surface area contributed by atoms with Gasteiger partial charge in [-0.15, -0.1) is 0 Å². The summed E-state index contributed by atoms with van der Waals surface area (Å²) in [6.07, 6.45) is 9.74. The topological polar surface area (TPSA) is 26.3 Å². The molecule has 2 rings (SSSR count). The Kier molecular flexibility index (Phi) is 3.88. The molecule has 0 aromatic heterocycles. The largest absolute Gasteiger partial charge is 0.463 e. The summed E-state index contributed by atoms with van der Waals surface area (Å²) in [7, 11) is 0. The number of ether oxygens (including phenoxy) is 1. The highest BCUT2D eigenvalue weighted by Gasteiger charge is 2.34. The van der Waals surface area contributed by atoms with E-state index in [2.05, 4.69) is 6.92 Å². The lowest BCUT2D eigenvalue weighted by Gasteiger charge is -2.40. The minimum Gasteiger partial charge on any atom is -0.463 e. The van der Waals surface area contributed by atoms with E-state index < -0.39 is 0 Å². The zero-order valence-electron chi connectivity index (χ0n) is 10.6. The number of rotatable bonds is 2. The third-order valence-electron chi connectivity index (χ3n) is 4.60. The smallest absolute Gasteiger partial charge is 0.302 e. The quantitative estimate of drug-likeness (QED) is 0.671. The summed E-state index contributed by atoms with van der Waals surface area (Å²) < 4.78 is 5.33. The van der Waals surface area contributed by atoms with E-state index in [0.717, 1.165) is 11.8 Å². The maximum Gasteiger partial charge on any atom is 0.302 e. The van der Waals surface area contributed by atoms with Gasteiger partial charge in [0.2, 0.25) is 0 Å². The SMILES string of the molecule is CC(=O)OC(C)C1CCC2CCCCC2C1. The summed E-state index contributed by atoms with van der Waals surface area (Å²) in [6.45, 7) is 3.58. The van der Waals surface area contributed by atoms with E-state index in [-0.39, 0.29) is 12.1 Å². The van der Waals surface area contributed by atoms with Crippen LogP contribution < -0.4 is 0 Å². The lowest BCUT2D eigenvalue weighted by atomic mass is 9.66. The number of carbonyl (C=O) groups excluding carboxylic acids is 1. The van der Waals surface area contributed by atoms with Gasteiger partial charge < -0.3 is 4.74 Å². The molecule has 0 amide bonds. The molecule has 0 saturated heterocycles. The first kappa shape index (κ1) is 11.9. The molecule has 2 nitrogen and oxygen atoms in total. The molecule has 0 N–H and O–H groups in total. The lowest BCUT2D eigenvalue weighted by Crippen LogP contribution is -2.33. The molecule has 4 atom stereocenters. The van der Waals surface area contributed by atoms with E-state index in [4.69, 9.17) is 4.74 Å². The Bertz CT molecular complexity index is 249. The Morgan fingerprint density at radius 1 is 1.12 bits per heavy atom. The molecule has 0 aromatic rings. The van der Waals surface area contributed by atoms with Gasteiger partial charge in [-0.3, -0.25) is 4.79 Å². The van der Waals surface area contributed by atoms with Gasteiger partial charge in [-0.2, -0.15) is 0 Å². The Morgan fingerprint density at radius 2 is 1.81 bits per heavy atom. The molecule has 0 aliphatic heterocycles. The zero-order chi connectivity index (χ0) is 11.5. The van der Waals surface area contributed by atoms with Crippen LogP contribution in [0, 0.1) is 17.8 Å². The molecule has 0 aromatic carbocycles. The minimum atomic E-state index is -0.127. The molecule has 0 bridgehead atoms. The summed E-state index contributed by atoms with van der Waals surface area (Å²) in [5.74, 6) is 2.39. The Balaban J connectivity index is 1.86. The van der Waals surface area contributed by atoms with Gasteiger partial charge in [0, 0.05) is 6.92 Å². The number of fused-ring (bicyclic) bond motifs is 1. The summed E-state index contributed by atoms with van der Waals surface area (Å²) >= 11 is 0. The van der Waals surface area contributed by atoms with E-state index in [1.54, 1.807) is 0 Å². The van der Waals surface area contributed by atoms with Crippen molar-refractivity contribution in [1.82, 2.24) is 0 Å². The first-order valence-corrected chi connectivity index (χ1v) is 6.84. The van der Waals surface area contributed by atoms with Gasteiger partial charge in [-0.1, -0.05) is 25.7 Å². The van der Waals surface area contributed by atoms with Crippen molar-refractivity contribution in [2.45, 2.75) is 64.9 Å². The molecule has 4 unspecified atom stereocenters. The van der Waals surface area contributed by atoms with Crippen LogP contribution in [0.25, 0.3) is 0 Å². The first-order valence-electron chi connectivity index (χ1n) is 6.84. The van der Waals surface area contributed by atoms with Gasteiger partial charge in [0.1, 0.15) is 6.10 Å². The standard InChI is InChI=1S/C14H24O2/c1-10(16-11(2)15)13-8-7-12-5-3-4-6-14(12)9-13/h10,12-14H,3-9H2,1-2H3. The predicted octanol–water partition coefficient (Wildman–Crippen LogP) is 3.54. The van der Waals surface area contributed by atoms with Crippen molar-refractivity contribution >= 4 is 5.97 Å². The fraction of sp³-hybridized carbons (Fsp3) is 0.929. The Labute approximate surface area is 98.7 Å². The van der Waals surface area contributed by atoms with Crippen LogP contribution in [-0.4, -0.2) is 12.1 Å².